The second kappa shape index (κ2) is 8.12. The Labute approximate surface area is 152 Å². The van der Waals surface area contributed by atoms with E-state index in [-0.39, 0.29) is 17.9 Å². The number of hydrogen-bond acceptors (Lipinski definition) is 2. The average molecular weight is 344 g/mol. The van der Waals surface area contributed by atoms with E-state index in [1.165, 1.54) is 0 Å². The summed E-state index contributed by atoms with van der Waals surface area (Å²) >= 11 is 0. The molecule has 0 bridgehead atoms. The lowest BCUT2D eigenvalue weighted by molar-refractivity contribution is 0.0939. The predicted octanol–water partition coefficient (Wildman–Crippen LogP) is 4.43. The molecule has 3 aromatic rings. The molecular weight excluding hydrogens is 324 g/mol. The van der Waals surface area contributed by atoms with Crippen molar-refractivity contribution in [2.75, 3.05) is 5.32 Å². The van der Waals surface area contributed by atoms with E-state index in [1.54, 1.807) is 36.4 Å². The van der Waals surface area contributed by atoms with Crippen LogP contribution < -0.4 is 10.6 Å². The number of nitrogens with one attached hydrogen (secondary N) is 2. The first kappa shape index (κ1) is 17.4. The van der Waals surface area contributed by atoms with Crippen molar-refractivity contribution in [3.63, 3.8) is 0 Å². The van der Waals surface area contributed by atoms with E-state index in [1.807, 2.05) is 55.5 Å². The fourth-order valence-corrected chi connectivity index (χ4v) is 2.60. The molecule has 3 aromatic carbocycles. The molecule has 4 nitrogen and oxygen atoms in total. The lowest BCUT2D eigenvalue weighted by atomic mass is 10.1. The van der Waals surface area contributed by atoms with Gasteiger partial charge in [-0.05, 0) is 48.9 Å². The van der Waals surface area contributed by atoms with Crippen molar-refractivity contribution >= 4 is 17.5 Å². The number of rotatable bonds is 5. The van der Waals surface area contributed by atoms with Crippen molar-refractivity contribution in [3.8, 4) is 0 Å². The van der Waals surface area contributed by atoms with Gasteiger partial charge in [-0.3, -0.25) is 9.59 Å². The highest BCUT2D eigenvalue weighted by Gasteiger charge is 2.11. The Bertz CT molecular complexity index is 875. The molecule has 0 aliphatic heterocycles. The van der Waals surface area contributed by atoms with Gasteiger partial charge in [0.1, 0.15) is 0 Å². The second-order valence-corrected chi connectivity index (χ2v) is 6.00. The highest BCUT2D eigenvalue weighted by atomic mass is 16.2. The lowest BCUT2D eigenvalue weighted by Gasteiger charge is -2.14. The minimum absolute atomic E-state index is 0.0823. The van der Waals surface area contributed by atoms with Gasteiger partial charge in [0.15, 0.2) is 0 Å². The summed E-state index contributed by atoms with van der Waals surface area (Å²) in [6.45, 7) is 1.95. The van der Waals surface area contributed by atoms with Gasteiger partial charge in [-0.1, -0.05) is 48.5 Å². The number of carbonyl (C=O) groups is 2. The minimum atomic E-state index is -0.180. The zero-order chi connectivity index (χ0) is 18.4. The molecule has 1 unspecified atom stereocenters. The van der Waals surface area contributed by atoms with Crippen LogP contribution in [0.4, 0.5) is 5.69 Å². The van der Waals surface area contributed by atoms with Crippen molar-refractivity contribution < 1.29 is 9.59 Å². The molecule has 0 saturated carbocycles. The smallest absolute Gasteiger partial charge is 0.255 e. The SMILES string of the molecule is CC(NC(=O)c1ccc(NC(=O)c2ccccc2)cc1)c1ccccc1. The third-order valence-electron chi connectivity index (χ3n) is 4.09. The van der Waals surface area contributed by atoms with Gasteiger partial charge in [-0.25, -0.2) is 0 Å². The van der Waals surface area contributed by atoms with Crippen LogP contribution >= 0.6 is 0 Å². The summed E-state index contributed by atoms with van der Waals surface area (Å²) in [5, 5.41) is 5.79. The summed E-state index contributed by atoms with van der Waals surface area (Å²) in [6, 6.07) is 25.6. The van der Waals surface area contributed by atoms with Crippen LogP contribution in [0.15, 0.2) is 84.9 Å². The van der Waals surface area contributed by atoms with Gasteiger partial charge in [0.25, 0.3) is 11.8 Å². The van der Waals surface area contributed by atoms with Gasteiger partial charge in [-0.2, -0.15) is 0 Å². The van der Waals surface area contributed by atoms with E-state index in [0.29, 0.717) is 16.8 Å². The van der Waals surface area contributed by atoms with Crippen LogP contribution in [0.5, 0.6) is 0 Å². The Kier molecular flexibility index (Phi) is 5.44. The Morgan fingerprint density at radius 2 is 1.23 bits per heavy atom. The van der Waals surface area contributed by atoms with E-state index in [0.717, 1.165) is 5.56 Å². The molecule has 2 N–H and O–H groups in total. The van der Waals surface area contributed by atoms with Gasteiger partial charge < -0.3 is 10.6 Å². The summed E-state index contributed by atoms with van der Waals surface area (Å²) in [5.74, 6) is -0.331. The Morgan fingerprint density at radius 3 is 1.85 bits per heavy atom. The standard InChI is InChI=1S/C22H20N2O2/c1-16(17-8-4-2-5-9-17)23-21(25)19-12-14-20(15-13-19)24-22(26)18-10-6-3-7-11-18/h2-16H,1H3,(H,23,25)(H,24,26). The second-order valence-electron chi connectivity index (χ2n) is 6.00. The topological polar surface area (TPSA) is 58.2 Å². The molecule has 0 spiro atoms. The first-order valence-electron chi connectivity index (χ1n) is 8.46. The van der Waals surface area contributed by atoms with E-state index in [2.05, 4.69) is 10.6 Å². The van der Waals surface area contributed by atoms with Crippen LogP contribution in [0.25, 0.3) is 0 Å². The van der Waals surface area contributed by atoms with Crippen molar-refractivity contribution in [1.29, 1.82) is 0 Å². The normalized spacial score (nSPS) is 11.4. The van der Waals surface area contributed by atoms with Crippen LogP contribution in [-0.2, 0) is 0 Å². The summed E-state index contributed by atoms with van der Waals surface area (Å²) in [4.78, 5) is 24.5. The highest BCUT2D eigenvalue weighted by Crippen LogP contribution is 2.15. The van der Waals surface area contributed by atoms with Crippen LogP contribution in [0.1, 0.15) is 39.2 Å². The van der Waals surface area contributed by atoms with Crippen molar-refractivity contribution in [2.24, 2.45) is 0 Å². The Morgan fingerprint density at radius 1 is 0.692 bits per heavy atom. The number of benzene rings is 3. The van der Waals surface area contributed by atoms with Gasteiger partial charge in [0, 0.05) is 16.8 Å². The lowest BCUT2D eigenvalue weighted by Crippen LogP contribution is -2.26. The molecule has 1 atom stereocenters. The summed E-state index contributed by atoms with van der Waals surface area (Å²) in [7, 11) is 0. The van der Waals surface area contributed by atoms with Crippen molar-refractivity contribution in [3.05, 3.63) is 102 Å². The molecule has 0 heterocycles. The van der Waals surface area contributed by atoms with Gasteiger partial charge in [0.2, 0.25) is 0 Å². The molecule has 0 saturated heterocycles. The maximum Gasteiger partial charge on any atom is 0.255 e. The molecule has 0 aromatic heterocycles. The summed E-state index contributed by atoms with van der Waals surface area (Å²) in [6.07, 6.45) is 0. The molecule has 3 rings (SSSR count). The minimum Gasteiger partial charge on any atom is -0.346 e. The highest BCUT2D eigenvalue weighted by molar-refractivity contribution is 6.04. The van der Waals surface area contributed by atoms with Crippen LogP contribution in [-0.4, -0.2) is 11.8 Å². The van der Waals surface area contributed by atoms with E-state index >= 15 is 0 Å². The molecule has 0 radical (unpaired) electrons. The van der Waals surface area contributed by atoms with Gasteiger partial charge in [-0.15, -0.1) is 0 Å². The summed E-state index contributed by atoms with van der Waals surface area (Å²) < 4.78 is 0. The maximum atomic E-state index is 12.4. The van der Waals surface area contributed by atoms with Gasteiger partial charge in [0.05, 0.1) is 6.04 Å². The zero-order valence-electron chi connectivity index (χ0n) is 14.5. The number of carbonyl (C=O) groups excluding carboxylic acids is 2. The zero-order valence-corrected chi connectivity index (χ0v) is 14.5. The molecule has 0 aliphatic carbocycles. The van der Waals surface area contributed by atoms with E-state index in [9.17, 15) is 9.59 Å². The van der Waals surface area contributed by atoms with E-state index in [4.69, 9.17) is 0 Å². The largest absolute Gasteiger partial charge is 0.346 e. The number of amides is 2. The Hall–Kier alpha value is -3.40. The fourth-order valence-electron chi connectivity index (χ4n) is 2.60. The van der Waals surface area contributed by atoms with Crippen LogP contribution in [0, 0.1) is 0 Å². The molecule has 0 fully saturated rings. The molecular formula is C22H20N2O2. The molecule has 26 heavy (non-hydrogen) atoms. The third kappa shape index (κ3) is 4.36. The molecule has 130 valence electrons. The molecule has 2 amide bonds. The predicted molar refractivity (Wildman–Crippen MR) is 103 cm³/mol. The van der Waals surface area contributed by atoms with Crippen LogP contribution in [0.3, 0.4) is 0 Å². The van der Waals surface area contributed by atoms with Crippen LogP contribution in [0.2, 0.25) is 0 Å². The summed E-state index contributed by atoms with van der Waals surface area (Å²) in [5.41, 5.74) is 2.83. The van der Waals surface area contributed by atoms with Crippen molar-refractivity contribution in [2.45, 2.75) is 13.0 Å². The maximum absolute atomic E-state index is 12.4. The fraction of sp³-hybridized carbons (Fsp3) is 0.0909. The van der Waals surface area contributed by atoms with Crippen molar-refractivity contribution in [1.82, 2.24) is 5.32 Å². The Balaban J connectivity index is 1.62. The monoisotopic (exact) mass is 344 g/mol. The molecule has 4 heteroatoms. The number of hydrogen-bond donors (Lipinski definition) is 2. The van der Waals surface area contributed by atoms with E-state index < -0.39 is 0 Å². The first-order valence-corrected chi connectivity index (χ1v) is 8.46. The third-order valence-corrected chi connectivity index (χ3v) is 4.09. The first-order chi connectivity index (χ1) is 12.6. The quantitative estimate of drug-likeness (QED) is 0.719. The molecule has 0 aliphatic rings. The average Bonchev–Trinajstić information content (AvgIpc) is 2.69. The number of anilines is 1. The van der Waals surface area contributed by atoms with Gasteiger partial charge >= 0.3 is 0 Å².